The van der Waals surface area contributed by atoms with Crippen LogP contribution in [0.3, 0.4) is 0 Å². The molecule has 21 heavy (non-hydrogen) atoms. The molecule has 2 bridgehead atoms. The maximum absolute atomic E-state index is 12.8. The number of sulfonamides is 1. The minimum absolute atomic E-state index is 0.00951. The Morgan fingerprint density at radius 1 is 1.29 bits per heavy atom. The number of rotatable bonds is 2. The molecule has 1 aromatic rings. The zero-order valence-electron chi connectivity index (χ0n) is 11.4. The molecule has 2 heterocycles. The summed E-state index contributed by atoms with van der Waals surface area (Å²) in [5.41, 5.74) is 0.0292. The molecule has 2 atom stereocenters. The number of halogens is 1. The fourth-order valence-corrected chi connectivity index (χ4v) is 5.03. The maximum atomic E-state index is 12.8. The van der Waals surface area contributed by atoms with Gasteiger partial charge in [0.1, 0.15) is 11.0 Å². The van der Waals surface area contributed by atoms with E-state index in [1.807, 2.05) is 6.07 Å². The zero-order valence-corrected chi connectivity index (χ0v) is 13.0. The molecule has 0 radical (unpaired) electrons. The van der Waals surface area contributed by atoms with Gasteiger partial charge in [-0.2, -0.15) is 9.57 Å². The molecule has 112 valence electrons. The summed E-state index contributed by atoms with van der Waals surface area (Å²) in [5.74, 6) is 0. The first-order valence-electron chi connectivity index (χ1n) is 6.97. The minimum atomic E-state index is -3.69. The van der Waals surface area contributed by atoms with E-state index in [2.05, 4.69) is 5.32 Å². The summed E-state index contributed by atoms with van der Waals surface area (Å²) >= 11 is 5.95. The lowest BCUT2D eigenvalue weighted by atomic mass is 10.1. The standard InChI is InChI=1S/C14H16ClN3O2S/c15-13-2-1-3-14(12(13)8-16)21(19,20)18-7-6-10-4-5-11(9-18)17-10/h1-3,10-11,17H,4-7,9H2. The van der Waals surface area contributed by atoms with Gasteiger partial charge in [-0.25, -0.2) is 8.42 Å². The molecule has 2 aliphatic rings. The van der Waals surface area contributed by atoms with Crippen LogP contribution in [0.2, 0.25) is 5.02 Å². The smallest absolute Gasteiger partial charge is 0.244 e. The number of nitrogens with zero attached hydrogens (tertiary/aromatic N) is 2. The molecule has 2 saturated heterocycles. The molecule has 0 spiro atoms. The molecule has 0 saturated carbocycles. The van der Waals surface area contributed by atoms with Crippen LogP contribution in [0.25, 0.3) is 0 Å². The lowest BCUT2D eigenvalue weighted by molar-refractivity contribution is 0.383. The highest BCUT2D eigenvalue weighted by atomic mass is 35.5. The zero-order chi connectivity index (χ0) is 15.0. The van der Waals surface area contributed by atoms with Crippen LogP contribution in [0.1, 0.15) is 24.8 Å². The van der Waals surface area contributed by atoms with Gasteiger partial charge in [-0.15, -0.1) is 0 Å². The van der Waals surface area contributed by atoms with Gasteiger partial charge in [-0.05, 0) is 31.4 Å². The van der Waals surface area contributed by atoms with Crippen molar-refractivity contribution in [3.63, 3.8) is 0 Å². The highest BCUT2D eigenvalue weighted by Gasteiger charge is 2.36. The molecule has 0 aromatic heterocycles. The van der Waals surface area contributed by atoms with E-state index < -0.39 is 10.0 Å². The van der Waals surface area contributed by atoms with E-state index in [4.69, 9.17) is 11.6 Å². The highest BCUT2D eigenvalue weighted by Crippen LogP contribution is 2.29. The van der Waals surface area contributed by atoms with E-state index in [1.165, 1.54) is 16.4 Å². The number of nitriles is 1. The van der Waals surface area contributed by atoms with Gasteiger partial charge in [0.25, 0.3) is 0 Å². The van der Waals surface area contributed by atoms with Crippen molar-refractivity contribution in [3.8, 4) is 6.07 Å². The predicted octanol–water partition coefficient (Wildman–Crippen LogP) is 1.73. The third kappa shape index (κ3) is 2.67. The molecule has 7 heteroatoms. The van der Waals surface area contributed by atoms with Crippen molar-refractivity contribution < 1.29 is 8.42 Å². The van der Waals surface area contributed by atoms with E-state index in [0.717, 1.165) is 19.3 Å². The van der Waals surface area contributed by atoms with E-state index in [9.17, 15) is 13.7 Å². The van der Waals surface area contributed by atoms with Crippen LogP contribution in [-0.4, -0.2) is 37.9 Å². The van der Waals surface area contributed by atoms with Crippen LogP contribution < -0.4 is 5.32 Å². The van der Waals surface area contributed by atoms with Crippen LogP contribution in [-0.2, 0) is 10.0 Å². The van der Waals surface area contributed by atoms with Crippen molar-refractivity contribution in [2.75, 3.05) is 13.1 Å². The lowest BCUT2D eigenvalue weighted by Crippen LogP contribution is -2.39. The summed E-state index contributed by atoms with van der Waals surface area (Å²) in [5, 5.41) is 12.8. The number of nitrogens with one attached hydrogen (secondary N) is 1. The highest BCUT2D eigenvalue weighted by molar-refractivity contribution is 7.89. The Morgan fingerprint density at radius 3 is 2.81 bits per heavy atom. The van der Waals surface area contributed by atoms with Crippen molar-refractivity contribution in [1.29, 1.82) is 5.26 Å². The quantitative estimate of drug-likeness (QED) is 0.898. The molecular weight excluding hydrogens is 310 g/mol. The second-order valence-corrected chi connectivity index (χ2v) is 7.83. The third-order valence-electron chi connectivity index (χ3n) is 4.19. The van der Waals surface area contributed by atoms with Crippen molar-refractivity contribution in [1.82, 2.24) is 9.62 Å². The van der Waals surface area contributed by atoms with Crippen LogP contribution in [0.5, 0.6) is 0 Å². The topological polar surface area (TPSA) is 73.2 Å². The van der Waals surface area contributed by atoms with Crippen LogP contribution in [0.4, 0.5) is 0 Å². The fraction of sp³-hybridized carbons (Fsp3) is 0.500. The molecule has 5 nitrogen and oxygen atoms in total. The number of benzene rings is 1. The molecule has 0 amide bonds. The van der Waals surface area contributed by atoms with Crippen LogP contribution >= 0.6 is 11.6 Å². The number of hydrogen-bond acceptors (Lipinski definition) is 4. The molecule has 2 aliphatic heterocycles. The Balaban J connectivity index is 1.98. The summed E-state index contributed by atoms with van der Waals surface area (Å²) in [6.45, 7) is 0.935. The Hall–Kier alpha value is -1.13. The summed E-state index contributed by atoms with van der Waals surface area (Å²) in [4.78, 5) is 0.00951. The third-order valence-corrected chi connectivity index (χ3v) is 6.41. The molecule has 3 rings (SSSR count). The first-order valence-corrected chi connectivity index (χ1v) is 8.79. The summed E-state index contributed by atoms with van der Waals surface area (Å²) in [7, 11) is -3.69. The van der Waals surface area contributed by atoms with Crippen molar-refractivity contribution in [2.24, 2.45) is 0 Å². The minimum Gasteiger partial charge on any atom is -0.310 e. The Bertz CT molecular complexity index is 699. The average molecular weight is 326 g/mol. The van der Waals surface area contributed by atoms with Gasteiger partial charge in [-0.1, -0.05) is 17.7 Å². The molecule has 1 N–H and O–H groups in total. The van der Waals surface area contributed by atoms with E-state index in [1.54, 1.807) is 6.07 Å². The largest absolute Gasteiger partial charge is 0.310 e. The summed E-state index contributed by atoms with van der Waals surface area (Å²) in [6, 6.07) is 7.07. The monoisotopic (exact) mass is 325 g/mol. The Kier molecular flexibility index (Phi) is 3.93. The van der Waals surface area contributed by atoms with Crippen molar-refractivity contribution in [2.45, 2.75) is 36.2 Å². The normalized spacial score (nSPS) is 26.3. The molecule has 1 aromatic carbocycles. The number of hydrogen-bond donors (Lipinski definition) is 1. The van der Waals surface area contributed by atoms with Gasteiger partial charge >= 0.3 is 0 Å². The second-order valence-electron chi connectivity index (χ2n) is 5.51. The Morgan fingerprint density at radius 2 is 2.05 bits per heavy atom. The van der Waals surface area contributed by atoms with Gasteiger partial charge in [-0.3, -0.25) is 0 Å². The van der Waals surface area contributed by atoms with Gasteiger partial charge in [0.05, 0.1) is 10.6 Å². The molecular formula is C14H16ClN3O2S. The van der Waals surface area contributed by atoms with Crippen molar-refractivity contribution >= 4 is 21.6 Å². The first-order chi connectivity index (χ1) is 10.0. The fourth-order valence-electron chi connectivity index (χ4n) is 3.10. The van der Waals surface area contributed by atoms with Gasteiger partial charge in [0.2, 0.25) is 10.0 Å². The Labute approximate surface area is 129 Å². The average Bonchev–Trinajstić information content (AvgIpc) is 2.77. The second kappa shape index (κ2) is 5.58. The molecule has 0 aliphatic carbocycles. The maximum Gasteiger partial charge on any atom is 0.244 e. The number of fused-ring (bicyclic) bond motifs is 2. The summed E-state index contributed by atoms with van der Waals surface area (Å²) in [6.07, 6.45) is 2.91. The van der Waals surface area contributed by atoms with E-state index in [0.29, 0.717) is 19.1 Å². The first kappa shape index (κ1) is 14.8. The van der Waals surface area contributed by atoms with Crippen molar-refractivity contribution in [3.05, 3.63) is 28.8 Å². The molecule has 2 unspecified atom stereocenters. The van der Waals surface area contributed by atoms with Gasteiger partial charge in [0.15, 0.2) is 0 Å². The van der Waals surface area contributed by atoms with Gasteiger partial charge < -0.3 is 5.32 Å². The van der Waals surface area contributed by atoms with Gasteiger partial charge in [0, 0.05) is 25.2 Å². The van der Waals surface area contributed by atoms with E-state index in [-0.39, 0.29) is 21.5 Å². The van der Waals surface area contributed by atoms with E-state index >= 15 is 0 Å². The van der Waals surface area contributed by atoms with Crippen LogP contribution in [0.15, 0.2) is 23.1 Å². The predicted molar refractivity (Wildman–Crippen MR) is 79.5 cm³/mol. The molecule has 2 fully saturated rings. The lowest BCUT2D eigenvalue weighted by Gasteiger charge is -2.24. The summed E-state index contributed by atoms with van der Waals surface area (Å²) < 4.78 is 27.2. The SMILES string of the molecule is N#Cc1c(Cl)cccc1S(=O)(=O)N1CCC2CCC(C1)N2. The van der Waals surface area contributed by atoms with Crippen LogP contribution in [0, 0.1) is 11.3 Å².